The molecule has 1 aromatic heterocycles. The fourth-order valence-corrected chi connectivity index (χ4v) is 3.01. The number of anilines is 2. The highest BCUT2D eigenvalue weighted by Crippen LogP contribution is 2.34. The second kappa shape index (κ2) is 7.14. The zero-order valence-corrected chi connectivity index (χ0v) is 14.0. The van der Waals surface area contributed by atoms with Crippen molar-refractivity contribution in [2.24, 2.45) is 0 Å². The van der Waals surface area contributed by atoms with Crippen LogP contribution >= 0.6 is 0 Å². The number of urea groups is 1. The number of fused-ring (bicyclic) bond motifs is 1. The largest absolute Gasteiger partial charge is 0.383 e. The van der Waals surface area contributed by atoms with Gasteiger partial charge in [0, 0.05) is 26.4 Å². The third kappa shape index (κ3) is 2.94. The number of hydrogen-bond donors (Lipinski definition) is 0. The number of aromatic nitrogens is 1. The minimum atomic E-state index is -0.589. The van der Waals surface area contributed by atoms with E-state index in [9.17, 15) is 9.59 Å². The Hall–Kier alpha value is -2.19. The van der Waals surface area contributed by atoms with Crippen molar-refractivity contribution in [1.29, 1.82) is 0 Å². The molecule has 1 saturated heterocycles. The highest BCUT2D eigenvalue weighted by molar-refractivity contribution is 6.11. The van der Waals surface area contributed by atoms with E-state index in [2.05, 4.69) is 4.98 Å². The van der Waals surface area contributed by atoms with E-state index in [0.29, 0.717) is 51.0 Å². The van der Waals surface area contributed by atoms with E-state index in [1.807, 2.05) is 6.07 Å². The lowest BCUT2D eigenvalue weighted by Gasteiger charge is -2.41. The third-order valence-corrected chi connectivity index (χ3v) is 4.30. The van der Waals surface area contributed by atoms with Crippen molar-refractivity contribution in [3.05, 3.63) is 18.3 Å². The summed E-state index contributed by atoms with van der Waals surface area (Å²) in [4.78, 5) is 34.9. The summed E-state index contributed by atoms with van der Waals surface area (Å²) in [5.41, 5.74) is 0.650. The molecule has 0 radical (unpaired) electrons. The van der Waals surface area contributed by atoms with Crippen LogP contribution in [0.15, 0.2) is 18.3 Å². The van der Waals surface area contributed by atoms with Crippen LogP contribution in [-0.4, -0.2) is 74.4 Å². The summed E-state index contributed by atoms with van der Waals surface area (Å²) >= 11 is 0. The Balaban J connectivity index is 1.94. The number of hydrogen-bond acceptors (Lipinski definition) is 5. The third-order valence-electron chi connectivity index (χ3n) is 4.30. The molecule has 0 bridgehead atoms. The molecule has 130 valence electrons. The van der Waals surface area contributed by atoms with E-state index < -0.39 is 6.04 Å². The highest BCUT2D eigenvalue weighted by atomic mass is 16.5. The molecule has 0 spiro atoms. The zero-order chi connectivity index (χ0) is 17.1. The molecular weight excluding hydrogens is 312 g/mol. The van der Waals surface area contributed by atoms with Crippen LogP contribution in [0.25, 0.3) is 0 Å². The maximum atomic E-state index is 13.0. The van der Waals surface area contributed by atoms with Crippen LogP contribution in [0.1, 0.15) is 6.92 Å². The normalized spacial score (nSPS) is 21.0. The summed E-state index contributed by atoms with van der Waals surface area (Å²) in [6, 6.07) is 2.83. The van der Waals surface area contributed by atoms with E-state index in [0.717, 1.165) is 0 Å². The van der Waals surface area contributed by atoms with Gasteiger partial charge in [-0.05, 0) is 19.1 Å². The lowest BCUT2D eigenvalue weighted by Crippen LogP contribution is -2.59. The molecule has 0 aliphatic carbocycles. The summed E-state index contributed by atoms with van der Waals surface area (Å²) < 4.78 is 10.4. The van der Waals surface area contributed by atoms with Crippen LogP contribution in [0.4, 0.5) is 16.3 Å². The maximum absolute atomic E-state index is 13.0. The molecule has 0 saturated carbocycles. The first-order chi connectivity index (χ1) is 11.6. The van der Waals surface area contributed by atoms with E-state index in [1.165, 1.54) is 0 Å². The molecule has 1 atom stereocenters. The first kappa shape index (κ1) is 16.7. The smallest absolute Gasteiger partial charge is 0.325 e. The van der Waals surface area contributed by atoms with Crippen molar-refractivity contribution in [2.75, 3.05) is 56.4 Å². The first-order valence-corrected chi connectivity index (χ1v) is 8.06. The van der Waals surface area contributed by atoms with Crippen LogP contribution in [0, 0.1) is 0 Å². The Morgan fingerprint density at radius 2 is 2.17 bits per heavy atom. The molecule has 1 fully saturated rings. The van der Waals surface area contributed by atoms with Crippen LogP contribution in [0.5, 0.6) is 0 Å². The summed E-state index contributed by atoms with van der Waals surface area (Å²) in [5.74, 6) is 0.346. The number of rotatable bonds is 3. The van der Waals surface area contributed by atoms with Crippen molar-refractivity contribution in [3.8, 4) is 0 Å². The predicted molar refractivity (Wildman–Crippen MR) is 88.2 cm³/mol. The second-order valence-corrected chi connectivity index (χ2v) is 5.76. The van der Waals surface area contributed by atoms with Gasteiger partial charge < -0.3 is 14.4 Å². The lowest BCUT2D eigenvalue weighted by molar-refractivity contribution is -0.120. The van der Waals surface area contributed by atoms with Crippen molar-refractivity contribution in [2.45, 2.75) is 13.0 Å². The molecule has 24 heavy (non-hydrogen) atoms. The van der Waals surface area contributed by atoms with Gasteiger partial charge in [-0.25, -0.2) is 9.78 Å². The Labute approximate surface area is 140 Å². The second-order valence-electron chi connectivity index (χ2n) is 5.76. The van der Waals surface area contributed by atoms with E-state index in [4.69, 9.17) is 9.47 Å². The van der Waals surface area contributed by atoms with E-state index in [1.54, 1.807) is 41.0 Å². The number of morpholine rings is 1. The van der Waals surface area contributed by atoms with Crippen LogP contribution in [0.2, 0.25) is 0 Å². The number of carbonyl (C=O) groups excluding carboxylic acids is 2. The van der Waals surface area contributed by atoms with Gasteiger partial charge in [0.2, 0.25) is 0 Å². The quantitative estimate of drug-likeness (QED) is 0.814. The van der Waals surface area contributed by atoms with Crippen molar-refractivity contribution in [3.63, 3.8) is 0 Å². The molecular formula is C16H22N4O4. The molecule has 3 heterocycles. The molecule has 8 nitrogen and oxygen atoms in total. The zero-order valence-electron chi connectivity index (χ0n) is 14.0. The number of ether oxygens (including phenoxy) is 2. The number of nitrogens with zero attached hydrogens (tertiary/aromatic N) is 4. The molecule has 0 N–H and O–H groups in total. The fraction of sp³-hybridized carbons (Fsp3) is 0.562. The highest BCUT2D eigenvalue weighted by Gasteiger charge is 2.41. The van der Waals surface area contributed by atoms with Gasteiger partial charge in [-0.3, -0.25) is 14.6 Å². The summed E-state index contributed by atoms with van der Waals surface area (Å²) in [7, 11) is 1.59. The molecule has 1 unspecified atom stereocenters. The van der Waals surface area contributed by atoms with Crippen LogP contribution in [-0.2, 0) is 14.3 Å². The van der Waals surface area contributed by atoms with Crippen LogP contribution < -0.4 is 9.80 Å². The average molecular weight is 334 g/mol. The topological polar surface area (TPSA) is 75.2 Å². The Bertz CT molecular complexity index is 618. The van der Waals surface area contributed by atoms with Crippen LogP contribution in [0.3, 0.4) is 0 Å². The maximum Gasteiger partial charge on any atom is 0.325 e. The first-order valence-electron chi connectivity index (χ1n) is 8.06. The van der Waals surface area contributed by atoms with Crippen molar-refractivity contribution < 1.29 is 19.1 Å². The Morgan fingerprint density at radius 3 is 2.88 bits per heavy atom. The minimum absolute atomic E-state index is 0.153. The summed E-state index contributed by atoms with van der Waals surface area (Å²) in [5, 5.41) is 0. The van der Waals surface area contributed by atoms with E-state index >= 15 is 0 Å². The fourth-order valence-electron chi connectivity index (χ4n) is 3.01. The standard InChI is InChI=1S/C16H22N4O4/c1-12-15(21)19(8-9-23-2)14-13(4-3-5-17-14)20(12)16(22)18-6-10-24-11-7-18/h3-5,12H,6-11H2,1-2H3. The summed E-state index contributed by atoms with van der Waals surface area (Å²) in [6.45, 7) is 4.65. The molecule has 1 aromatic rings. The molecule has 2 aliphatic rings. The molecule has 2 aliphatic heterocycles. The molecule has 3 amide bonds. The predicted octanol–water partition coefficient (Wildman–Crippen LogP) is 0.722. The van der Waals surface area contributed by atoms with Gasteiger partial charge in [-0.1, -0.05) is 0 Å². The van der Waals surface area contributed by atoms with Gasteiger partial charge in [0.15, 0.2) is 5.82 Å². The monoisotopic (exact) mass is 334 g/mol. The van der Waals surface area contributed by atoms with Gasteiger partial charge >= 0.3 is 6.03 Å². The van der Waals surface area contributed by atoms with Gasteiger partial charge in [-0.15, -0.1) is 0 Å². The van der Waals surface area contributed by atoms with Gasteiger partial charge in [-0.2, -0.15) is 0 Å². The Kier molecular flexibility index (Phi) is 4.96. The average Bonchev–Trinajstić information content (AvgIpc) is 2.63. The van der Waals surface area contributed by atoms with Gasteiger partial charge in [0.25, 0.3) is 5.91 Å². The Morgan fingerprint density at radius 1 is 1.42 bits per heavy atom. The number of carbonyl (C=O) groups is 2. The van der Waals surface area contributed by atoms with Crippen molar-refractivity contribution >= 4 is 23.4 Å². The van der Waals surface area contributed by atoms with Crippen molar-refractivity contribution in [1.82, 2.24) is 9.88 Å². The molecule has 3 rings (SSSR count). The molecule has 8 heteroatoms. The summed E-state index contributed by atoms with van der Waals surface area (Å²) in [6.07, 6.45) is 1.62. The number of pyridine rings is 1. The lowest BCUT2D eigenvalue weighted by atomic mass is 10.1. The number of methoxy groups -OCH3 is 1. The SMILES string of the molecule is COCCN1C(=O)C(C)N(C(=O)N2CCOCC2)c2cccnc21. The van der Waals surface area contributed by atoms with Gasteiger partial charge in [0.1, 0.15) is 6.04 Å². The number of amides is 3. The minimum Gasteiger partial charge on any atom is -0.383 e. The van der Waals surface area contributed by atoms with Gasteiger partial charge in [0.05, 0.1) is 32.1 Å². The van der Waals surface area contributed by atoms with E-state index in [-0.39, 0.29) is 11.9 Å². The molecule has 0 aromatic carbocycles.